The van der Waals surface area contributed by atoms with Gasteiger partial charge in [-0.05, 0) is 32.9 Å². The molecule has 1 aromatic heterocycles. The third-order valence-electron chi connectivity index (χ3n) is 4.20. The van der Waals surface area contributed by atoms with E-state index < -0.39 is 0 Å². The number of benzene rings is 1. The maximum atomic E-state index is 4.28. The standard InChI is InChI=1S/C19H29N5S/c1-15(24(4)14-17-8-6-5-7-9-17)10-11-21-19(20-3)23-13-18-12-22-16(2)25-18/h5-9,12,15H,10-11,13-14H2,1-4H3,(H2,20,21,23). The fourth-order valence-electron chi connectivity index (χ4n) is 2.53. The number of hydrogen-bond donors (Lipinski definition) is 2. The number of nitrogens with one attached hydrogen (secondary N) is 2. The van der Waals surface area contributed by atoms with Crippen LogP contribution in [0.2, 0.25) is 0 Å². The molecule has 25 heavy (non-hydrogen) atoms. The molecule has 136 valence electrons. The third kappa shape index (κ3) is 6.84. The van der Waals surface area contributed by atoms with Gasteiger partial charge in [0.25, 0.3) is 0 Å². The Kier molecular flexibility index (Phi) is 7.88. The molecule has 0 amide bonds. The topological polar surface area (TPSA) is 52.6 Å². The molecule has 0 spiro atoms. The number of aliphatic imine (C=N–C) groups is 1. The van der Waals surface area contributed by atoms with Crippen molar-refractivity contribution in [3.8, 4) is 0 Å². The Bertz CT molecular complexity index is 653. The van der Waals surface area contributed by atoms with E-state index in [9.17, 15) is 0 Å². The van der Waals surface area contributed by atoms with Crippen LogP contribution in [0.25, 0.3) is 0 Å². The minimum atomic E-state index is 0.495. The zero-order valence-corrected chi connectivity index (χ0v) is 16.4. The molecule has 2 aromatic rings. The van der Waals surface area contributed by atoms with E-state index in [1.165, 1.54) is 10.4 Å². The summed E-state index contributed by atoms with van der Waals surface area (Å²) < 4.78 is 0. The maximum absolute atomic E-state index is 4.28. The summed E-state index contributed by atoms with van der Waals surface area (Å²) in [7, 11) is 3.98. The Morgan fingerprint density at radius 1 is 1.28 bits per heavy atom. The number of rotatable bonds is 8. The van der Waals surface area contributed by atoms with E-state index in [0.29, 0.717) is 6.04 Å². The van der Waals surface area contributed by atoms with Crippen LogP contribution in [0.4, 0.5) is 0 Å². The number of aryl methyl sites for hydroxylation is 1. The van der Waals surface area contributed by atoms with Crippen molar-refractivity contribution >= 4 is 17.3 Å². The van der Waals surface area contributed by atoms with E-state index in [4.69, 9.17) is 0 Å². The first-order valence-corrected chi connectivity index (χ1v) is 9.50. The molecule has 0 radical (unpaired) electrons. The summed E-state index contributed by atoms with van der Waals surface area (Å²) in [6, 6.07) is 11.1. The Hall–Kier alpha value is -1.92. The quantitative estimate of drug-likeness (QED) is 0.562. The smallest absolute Gasteiger partial charge is 0.191 e. The largest absolute Gasteiger partial charge is 0.356 e. The van der Waals surface area contributed by atoms with Gasteiger partial charge < -0.3 is 10.6 Å². The van der Waals surface area contributed by atoms with Crippen LogP contribution in [-0.2, 0) is 13.1 Å². The Morgan fingerprint density at radius 3 is 2.68 bits per heavy atom. The molecule has 0 saturated carbocycles. The monoisotopic (exact) mass is 359 g/mol. The van der Waals surface area contributed by atoms with E-state index in [2.05, 4.69) is 69.8 Å². The van der Waals surface area contributed by atoms with Gasteiger partial charge in [0, 0.05) is 37.3 Å². The van der Waals surface area contributed by atoms with E-state index in [1.807, 2.05) is 13.1 Å². The van der Waals surface area contributed by atoms with Crippen LogP contribution >= 0.6 is 11.3 Å². The highest BCUT2D eigenvalue weighted by atomic mass is 32.1. The van der Waals surface area contributed by atoms with Gasteiger partial charge in [-0.25, -0.2) is 4.98 Å². The molecule has 0 aliphatic carbocycles. The van der Waals surface area contributed by atoms with Crippen LogP contribution in [-0.4, -0.2) is 42.5 Å². The van der Waals surface area contributed by atoms with Gasteiger partial charge >= 0.3 is 0 Å². The molecule has 0 aliphatic heterocycles. The molecule has 0 fully saturated rings. The molecule has 0 bridgehead atoms. The molecule has 0 aliphatic rings. The fraction of sp³-hybridized carbons (Fsp3) is 0.474. The SMILES string of the molecule is CN=C(NCCC(C)N(C)Cc1ccccc1)NCc1cnc(C)s1. The van der Waals surface area contributed by atoms with E-state index in [-0.39, 0.29) is 0 Å². The number of nitrogens with zero attached hydrogens (tertiary/aromatic N) is 3. The van der Waals surface area contributed by atoms with Gasteiger partial charge in [0.05, 0.1) is 11.6 Å². The van der Waals surface area contributed by atoms with Gasteiger partial charge in [-0.1, -0.05) is 30.3 Å². The molecule has 6 heteroatoms. The van der Waals surface area contributed by atoms with Crippen LogP contribution in [0.1, 0.15) is 28.8 Å². The second-order valence-corrected chi connectivity index (χ2v) is 7.56. The van der Waals surface area contributed by atoms with Crippen molar-refractivity contribution in [1.29, 1.82) is 0 Å². The lowest BCUT2D eigenvalue weighted by Gasteiger charge is -2.25. The van der Waals surface area contributed by atoms with Crippen molar-refractivity contribution < 1.29 is 0 Å². The lowest BCUT2D eigenvalue weighted by molar-refractivity contribution is 0.238. The average molecular weight is 360 g/mol. The first-order chi connectivity index (χ1) is 12.1. The van der Waals surface area contributed by atoms with E-state index >= 15 is 0 Å². The average Bonchev–Trinajstić information content (AvgIpc) is 3.04. The summed E-state index contributed by atoms with van der Waals surface area (Å²) in [4.78, 5) is 12.2. The molecular weight excluding hydrogens is 330 g/mol. The summed E-state index contributed by atoms with van der Waals surface area (Å²) >= 11 is 1.71. The summed E-state index contributed by atoms with van der Waals surface area (Å²) in [5.74, 6) is 0.837. The molecule has 0 saturated heterocycles. The van der Waals surface area contributed by atoms with Crippen molar-refractivity contribution in [2.24, 2.45) is 4.99 Å². The Balaban J connectivity index is 1.68. The Morgan fingerprint density at radius 2 is 2.04 bits per heavy atom. The maximum Gasteiger partial charge on any atom is 0.191 e. The van der Waals surface area contributed by atoms with Gasteiger partial charge in [-0.2, -0.15) is 0 Å². The van der Waals surface area contributed by atoms with Crippen LogP contribution in [0, 0.1) is 6.92 Å². The van der Waals surface area contributed by atoms with Crippen molar-refractivity contribution in [1.82, 2.24) is 20.5 Å². The summed E-state index contributed by atoms with van der Waals surface area (Å²) in [6.45, 7) is 6.91. The van der Waals surface area contributed by atoms with Gasteiger partial charge in [-0.15, -0.1) is 11.3 Å². The summed E-state index contributed by atoms with van der Waals surface area (Å²) in [6.07, 6.45) is 2.98. The van der Waals surface area contributed by atoms with Crippen molar-refractivity contribution in [3.63, 3.8) is 0 Å². The minimum absolute atomic E-state index is 0.495. The molecule has 1 atom stereocenters. The van der Waals surface area contributed by atoms with E-state index in [0.717, 1.165) is 37.0 Å². The lowest BCUT2D eigenvalue weighted by atomic mass is 10.1. The Labute approximate surface area is 155 Å². The second-order valence-electron chi connectivity index (χ2n) is 6.24. The molecule has 1 unspecified atom stereocenters. The highest BCUT2D eigenvalue weighted by molar-refractivity contribution is 7.11. The van der Waals surface area contributed by atoms with Gasteiger partial charge in [0.2, 0.25) is 0 Å². The zero-order chi connectivity index (χ0) is 18.1. The predicted molar refractivity (Wildman–Crippen MR) is 107 cm³/mol. The highest BCUT2D eigenvalue weighted by Crippen LogP contribution is 2.10. The number of guanidine groups is 1. The van der Waals surface area contributed by atoms with Crippen molar-refractivity contribution in [3.05, 3.63) is 52.0 Å². The van der Waals surface area contributed by atoms with Crippen LogP contribution < -0.4 is 10.6 Å². The first-order valence-electron chi connectivity index (χ1n) is 8.68. The summed E-state index contributed by atoms with van der Waals surface area (Å²) in [5.41, 5.74) is 1.35. The summed E-state index contributed by atoms with van der Waals surface area (Å²) in [5, 5.41) is 7.82. The van der Waals surface area contributed by atoms with Gasteiger partial charge in [0.1, 0.15) is 0 Å². The lowest BCUT2D eigenvalue weighted by Crippen LogP contribution is -2.39. The highest BCUT2D eigenvalue weighted by Gasteiger charge is 2.10. The van der Waals surface area contributed by atoms with E-state index in [1.54, 1.807) is 18.4 Å². The van der Waals surface area contributed by atoms with Crippen molar-refractivity contribution in [2.75, 3.05) is 20.6 Å². The van der Waals surface area contributed by atoms with Crippen LogP contribution in [0.5, 0.6) is 0 Å². The number of hydrogen-bond acceptors (Lipinski definition) is 4. The molecule has 5 nitrogen and oxygen atoms in total. The molecule has 1 heterocycles. The predicted octanol–water partition coefficient (Wildman–Crippen LogP) is 3.03. The van der Waals surface area contributed by atoms with Crippen molar-refractivity contribution in [2.45, 2.75) is 39.4 Å². The minimum Gasteiger partial charge on any atom is -0.356 e. The fourth-order valence-corrected chi connectivity index (χ4v) is 3.26. The number of thiazole rings is 1. The molecule has 2 rings (SSSR count). The first kappa shape index (κ1) is 19.4. The third-order valence-corrected chi connectivity index (χ3v) is 5.12. The van der Waals surface area contributed by atoms with Crippen LogP contribution in [0.3, 0.4) is 0 Å². The second kappa shape index (κ2) is 10.2. The van der Waals surface area contributed by atoms with Gasteiger partial charge in [-0.3, -0.25) is 9.89 Å². The molecular formula is C19H29N5S. The normalized spacial score (nSPS) is 13.1. The van der Waals surface area contributed by atoms with Gasteiger partial charge in [0.15, 0.2) is 5.96 Å². The molecule has 1 aromatic carbocycles. The zero-order valence-electron chi connectivity index (χ0n) is 15.6. The number of aromatic nitrogens is 1. The molecule has 2 N–H and O–H groups in total. The van der Waals surface area contributed by atoms with Crippen LogP contribution in [0.15, 0.2) is 41.5 Å².